The van der Waals surface area contributed by atoms with E-state index in [1.807, 2.05) is 48.0 Å². The molecule has 30 heavy (non-hydrogen) atoms. The molecule has 156 valence electrons. The molecule has 0 radical (unpaired) electrons. The molecule has 2 aromatic heterocycles. The Labute approximate surface area is 181 Å². The second kappa shape index (κ2) is 9.89. The third kappa shape index (κ3) is 4.90. The number of amides is 1. The SMILES string of the molecule is Cn1c(CNC(=O)[C@H](c2ccccc2)C2CCCC2)nnc1SCc1ccccn1. The molecule has 2 heterocycles. The van der Waals surface area contributed by atoms with Gasteiger partial charge in [0.2, 0.25) is 5.91 Å². The Morgan fingerprint density at radius 2 is 1.90 bits per heavy atom. The van der Waals surface area contributed by atoms with Gasteiger partial charge in [0.25, 0.3) is 0 Å². The summed E-state index contributed by atoms with van der Waals surface area (Å²) in [7, 11) is 1.94. The summed E-state index contributed by atoms with van der Waals surface area (Å²) >= 11 is 1.59. The van der Waals surface area contributed by atoms with Crippen molar-refractivity contribution in [1.29, 1.82) is 0 Å². The zero-order chi connectivity index (χ0) is 20.8. The van der Waals surface area contributed by atoms with Crippen molar-refractivity contribution in [3.05, 3.63) is 71.8 Å². The Hall–Kier alpha value is -2.67. The summed E-state index contributed by atoms with van der Waals surface area (Å²) in [6.45, 7) is 0.378. The van der Waals surface area contributed by atoms with E-state index in [9.17, 15) is 4.79 Å². The fraction of sp³-hybridized carbons (Fsp3) is 0.391. The average molecular weight is 422 g/mol. The Balaban J connectivity index is 1.39. The summed E-state index contributed by atoms with van der Waals surface area (Å²) in [5.41, 5.74) is 2.11. The van der Waals surface area contributed by atoms with Gasteiger partial charge in [0.05, 0.1) is 18.2 Å². The molecule has 0 bridgehead atoms. The summed E-state index contributed by atoms with van der Waals surface area (Å²) in [5, 5.41) is 12.5. The highest BCUT2D eigenvalue weighted by atomic mass is 32.2. The molecule has 1 saturated carbocycles. The molecule has 6 nitrogen and oxygen atoms in total. The number of nitrogens with zero attached hydrogens (tertiary/aromatic N) is 4. The van der Waals surface area contributed by atoms with E-state index in [1.165, 1.54) is 12.8 Å². The number of aromatic nitrogens is 4. The molecule has 1 aromatic carbocycles. The van der Waals surface area contributed by atoms with E-state index in [0.29, 0.717) is 12.5 Å². The van der Waals surface area contributed by atoms with Crippen LogP contribution >= 0.6 is 11.8 Å². The normalized spacial score (nSPS) is 15.2. The topological polar surface area (TPSA) is 72.7 Å². The average Bonchev–Trinajstić information content (AvgIpc) is 3.43. The predicted molar refractivity (Wildman–Crippen MR) is 118 cm³/mol. The van der Waals surface area contributed by atoms with E-state index in [2.05, 4.69) is 32.6 Å². The molecular weight excluding hydrogens is 394 g/mol. The van der Waals surface area contributed by atoms with Crippen LogP contribution in [0.3, 0.4) is 0 Å². The van der Waals surface area contributed by atoms with Crippen LogP contribution in [0.2, 0.25) is 0 Å². The molecule has 1 N–H and O–H groups in total. The second-order valence-electron chi connectivity index (χ2n) is 7.72. The summed E-state index contributed by atoms with van der Waals surface area (Å²) in [5.74, 6) is 1.89. The van der Waals surface area contributed by atoms with Gasteiger partial charge in [-0.25, -0.2) is 0 Å². The van der Waals surface area contributed by atoms with Gasteiger partial charge in [-0.3, -0.25) is 9.78 Å². The van der Waals surface area contributed by atoms with Crippen molar-refractivity contribution in [3.63, 3.8) is 0 Å². The Morgan fingerprint density at radius 1 is 1.13 bits per heavy atom. The number of benzene rings is 1. The summed E-state index contributed by atoms with van der Waals surface area (Å²) in [6, 6.07) is 16.0. The van der Waals surface area contributed by atoms with Crippen LogP contribution in [0.4, 0.5) is 0 Å². The fourth-order valence-electron chi connectivity index (χ4n) is 4.11. The summed E-state index contributed by atoms with van der Waals surface area (Å²) < 4.78 is 1.95. The van der Waals surface area contributed by atoms with E-state index >= 15 is 0 Å². The van der Waals surface area contributed by atoms with Gasteiger partial charge in [-0.1, -0.05) is 61.0 Å². The van der Waals surface area contributed by atoms with Crippen LogP contribution in [0.5, 0.6) is 0 Å². The van der Waals surface area contributed by atoms with Crippen LogP contribution in [-0.4, -0.2) is 25.7 Å². The van der Waals surface area contributed by atoms with Crippen molar-refractivity contribution < 1.29 is 4.79 Å². The highest BCUT2D eigenvalue weighted by molar-refractivity contribution is 7.98. The van der Waals surface area contributed by atoms with Crippen LogP contribution in [-0.2, 0) is 24.1 Å². The van der Waals surface area contributed by atoms with Gasteiger partial charge in [0.1, 0.15) is 0 Å². The number of hydrogen-bond acceptors (Lipinski definition) is 5. The minimum atomic E-state index is -0.0973. The van der Waals surface area contributed by atoms with Gasteiger partial charge in [-0.2, -0.15) is 0 Å². The minimum Gasteiger partial charge on any atom is -0.348 e. The zero-order valence-electron chi connectivity index (χ0n) is 17.2. The number of pyridine rings is 1. The second-order valence-corrected chi connectivity index (χ2v) is 8.66. The lowest BCUT2D eigenvalue weighted by Gasteiger charge is -2.23. The number of carbonyl (C=O) groups is 1. The van der Waals surface area contributed by atoms with E-state index in [4.69, 9.17) is 0 Å². The zero-order valence-corrected chi connectivity index (χ0v) is 18.0. The largest absolute Gasteiger partial charge is 0.348 e. The molecule has 0 unspecified atom stereocenters. The maximum absolute atomic E-state index is 13.2. The van der Waals surface area contributed by atoms with Crippen LogP contribution in [0.25, 0.3) is 0 Å². The third-order valence-corrected chi connectivity index (χ3v) is 6.79. The van der Waals surface area contributed by atoms with Crippen molar-refractivity contribution >= 4 is 17.7 Å². The number of rotatable bonds is 8. The van der Waals surface area contributed by atoms with E-state index in [1.54, 1.807) is 18.0 Å². The molecule has 1 aliphatic carbocycles. The van der Waals surface area contributed by atoms with Crippen molar-refractivity contribution in [2.75, 3.05) is 0 Å². The first-order valence-corrected chi connectivity index (χ1v) is 11.4. The Kier molecular flexibility index (Phi) is 6.79. The summed E-state index contributed by atoms with van der Waals surface area (Å²) in [4.78, 5) is 17.5. The molecule has 4 rings (SSSR count). The lowest BCUT2D eigenvalue weighted by atomic mass is 9.84. The van der Waals surface area contributed by atoms with E-state index < -0.39 is 0 Å². The van der Waals surface area contributed by atoms with Crippen LogP contribution in [0.1, 0.15) is 48.7 Å². The molecule has 3 aromatic rings. The first-order valence-electron chi connectivity index (χ1n) is 10.5. The summed E-state index contributed by atoms with van der Waals surface area (Å²) in [6.07, 6.45) is 6.44. The molecule has 1 amide bonds. The highest BCUT2D eigenvalue weighted by Gasteiger charge is 2.32. The predicted octanol–water partition coefficient (Wildman–Crippen LogP) is 4.09. The van der Waals surface area contributed by atoms with Crippen LogP contribution in [0, 0.1) is 5.92 Å². The third-order valence-electron chi connectivity index (χ3n) is 5.73. The first-order chi connectivity index (χ1) is 14.7. The first kappa shape index (κ1) is 20.6. The van der Waals surface area contributed by atoms with Crippen molar-refractivity contribution in [1.82, 2.24) is 25.1 Å². The fourth-order valence-corrected chi connectivity index (χ4v) is 4.96. The standard InChI is InChI=1S/C23H27N5OS/c1-28-20(26-27-23(28)30-16-19-13-7-8-14-24-19)15-25-22(29)21(18-11-5-6-12-18)17-9-3-2-4-10-17/h2-4,7-10,13-14,18,21H,5-6,11-12,15-16H2,1H3,(H,25,29)/t21-/m1/s1. The van der Waals surface area contributed by atoms with Gasteiger partial charge in [-0.15, -0.1) is 10.2 Å². The number of carbonyl (C=O) groups excluding carboxylic acids is 1. The number of hydrogen-bond donors (Lipinski definition) is 1. The molecular formula is C23H27N5OS. The van der Waals surface area contributed by atoms with Gasteiger partial charge in [0, 0.05) is 19.0 Å². The maximum Gasteiger partial charge on any atom is 0.228 e. The van der Waals surface area contributed by atoms with E-state index in [0.717, 1.165) is 40.8 Å². The molecule has 0 aliphatic heterocycles. The van der Waals surface area contributed by atoms with Crippen molar-refractivity contribution in [2.24, 2.45) is 13.0 Å². The molecule has 1 fully saturated rings. The lowest BCUT2D eigenvalue weighted by molar-refractivity contribution is -0.124. The minimum absolute atomic E-state index is 0.0822. The molecule has 0 saturated heterocycles. The maximum atomic E-state index is 13.2. The number of thioether (sulfide) groups is 1. The van der Waals surface area contributed by atoms with Gasteiger partial charge in [-0.05, 0) is 36.5 Å². The molecule has 1 atom stereocenters. The van der Waals surface area contributed by atoms with Crippen LogP contribution in [0.15, 0.2) is 59.9 Å². The molecule has 0 spiro atoms. The number of nitrogens with one attached hydrogen (secondary N) is 1. The van der Waals surface area contributed by atoms with Crippen molar-refractivity contribution in [3.8, 4) is 0 Å². The lowest BCUT2D eigenvalue weighted by Crippen LogP contribution is -2.33. The highest BCUT2D eigenvalue weighted by Crippen LogP contribution is 2.37. The Bertz CT molecular complexity index is 954. The van der Waals surface area contributed by atoms with Gasteiger partial charge < -0.3 is 9.88 Å². The smallest absolute Gasteiger partial charge is 0.228 e. The van der Waals surface area contributed by atoms with E-state index in [-0.39, 0.29) is 11.8 Å². The Morgan fingerprint density at radius 3 is 2.63 bits per heavy atom. The monoisotopic (exact) mass is 421 g/mol. The van der Waals surface area contributed by atoms with Crippen molar-refractivity contribution in [2.45, 2.75) is 49.1 Å². The van der Waals surface area contributed by atoms with Gasteiger partial charge >= 0.3 is 0 Å². The van der Waals surface area contributed by atoms with Gasteiger partial charge in [0.15, 0.2) is 11.0 Å². The molecule has 7 heteroatoms. The van der Waals surface area contributed by atoms with Crippen LogP contribution < -0.4 is 5.32 Å². The molecule has 1 aliphatic rings. The quantitative estimate of drug-likeness (QED) is 0.555.